The lowest BCUT2D eigenvalue weighted by molar-refractivity contribution is 0.151. The van der Waals surface area contributed by atoms with Gasteiger partial charge in [-0.1, -0.05) is 5.92 Å². The fraction of sp³-hybridized carbons (Fsp3) is 0.667. The highest BCUT2D eigenvalue weighted by atomic mass is 16.3. The largest absolute Gasteiger partial charge is 0.395 e. The Hall–Kier alpha value is -0.560. The number of aliphatic hydroxyl groups excluding tert-OH is 2. The van der Waals surface area contributed by atoms with Crippen molar-refractivity contribution in [3.63, 3.8) is 0 Å². The number of nitrogens with two attached hydrogens (primary N) is 1. The zero-order chi connectivity index (χ0) is 7.28. The van der Waals surface area contributed by atoms with E-state index in [-0.39, 0.29) is 6.61 Å². The van der Waals surface area contributed by atoms with E-state index in [1.165, 1.54) is 0 Å². The van der Waals surface area contributed by atoms with Crippen LogP contribution in [-0.2, 0) is 0 Å². The van der Waals surface area contributed by atoms with Crippen molar-refractivity contribution in [3.8, 4) is 11.8 Å². The van der Waals surface area contributed by atoms with Crippen LogP contribution in [0.3, 0.4) is 0 Å². The number of hydrogen-bond donors (Lipinski definition) is 3. The molecular weight excluding hydrogens is 118 g/mol. The van der Waals surface area contributed by atoms with Crippen molar-refractivity contribution in [1.82, 2.24) is 0 Å². The van der Waals surface area contributed by atoms with Crippen LogP contribution in [0.1, 0.15) is 6.92 Å². The van der Waals surface area contributed by atoms with E-state index in [2.05, 4.69) is 11.8 Å². The van der Waals surface area contributed by atoms with Crippen LogP contribution in [0.5, 0.6) is 0 Å². The first-order valence-electron chi connectivity index (χ1n) is 2.69. The standard InChI is InChI=1S/C6H11NO2/c1-2-3-6(9)5(7)4-8/h5-6,8-9H,4,7H2,1H3/t5-,6?/m1/s1. The van der Waals surface area contributed by atoms with Gasteiger partial charge in [0.2, 0.25) is 0 Å². The smallest absolute Gasteiger partial charge is 0.131 e. The summed E-state index contributed by atoms with van der Waals surface area (Å²) in [5, 5.41) is 17.2. The van der Waals surface area contributed by atoms with E-state index in [0.717, 1.165) is 0 Å². The Morgan fingerprint density at radius 1 is 1.67 bits per heavy atom. The van der Waals surface area contributed by atoms with Crippen LogP contribution >= 0.6 is 0 Å². The normalized spacial score (nSPS) is 15.6. The van der Waals surface area contributed by atoms with Crippen LogP contribution in [0.2, 0.25) is 0 Å². The van der Waals surface area contributed by atoms with E-state index in [1.807, 2.05) is 0 Å². The van der Waals surface area contributed by atoms with Crippen molar-refractivity contribution in [1.29, 1.82) is 0 Å². The second-order valence-corrected chi connectivity index (χ2v) is 1.69. The Balaban J connectivity index is 3.67. The predicted molar refractivity (Wildman–Crippen MR) is 34.5 cm³/mol. The minimum Gasteiger partial charge on any atom is -0.395 e. The molecule has 0 aliphatic rings. The lowest BCUT2D eigenvalue weighted by Crippen LogP contribution is -2.36. The molecule has 0 fully saturated rings. The SMILES string of the molecule is CC#CC(O)[C@H](N)CO. The topological polar surface area (TPSA) is 66.5 Å². The summed E-state index contributed by atoms with van der Waals surface area (Å²) in [5.74, 6) is 4.91. The highest BCUT2D eigenvalue weighted by Gasteiger charge is 2.08. The van der Waals surface area contributed by atoms with E-state index in [9.17, 15) is 0 Å². The zero-order valence-electron chi connectivity index (χ0n) is 5.33. The maximum Gasteiger partial charge on any atom is 0.131 e. The van der Waals surface area contributed by atoms with E-state index in [1.54, 1.807) is 6.92 Å². The molecule has 0 spiro atoms. The average Bonchev–Trinajstić information content (AvgIpc) is 1.87. The van der Waals surface area contributed by atoms with Gasteiger partial charge < -0.3 is 15.9 Å². The summed E-state index contributed by atoms with van der Waals surface area (Å²) in [4.78, 5) is 0. The van der Waals surface area contributed by atoms with Gasteiger partial charge in [-0.3, -0.25) is 0 Å². The molecule has 2 atom stereocenters. The fourth-order valence-corrected chi connectivity index (χ4v) is 0.355. The van der Waals surface area contributed by atoms with Gasteiger partial charge in [0.25, 0.3) is 0 Å². The molecule has 0 saturated heterocycles. The molecule has 3 nitrogen and oxygen atoms in total. The van der Waals surface area contributed by atoms with Gasteiger partial charge in [0, 0.05) is 0 Å². The first-order chi connectivity index (χ1) is 4.22. The monoisotopic (exact) mass is 129 g/mol. The lowest BCUT2D eigenvalue weighted by Gasteiger charge is -2.08. The van der Waals surface area contributed by atoms with Crippen molar-refractivity contribution in [2.24, 2.45) is 5.73 Å². The third-order valence-corrected chi connectivity index (χ3v) is 0.909. The minimum atomic E-state index is -0.903. The highest BCUT2D eigenvalue weighted by molar-refractivity contribution is 5.05. The molecule has 0 aliphatic heterocycles. The second-order valence-electron chi connectivity index (χ2n) is 1.69. The van der Waals surface area contributed by atoms with Gasteiger partial charge in [0.05, 0.1) is 12.6 Å². The van der Waals surface area contributed by atoms with Crippen molar-refractivity contribution in [2.45, 2.75) is 19.1 Å². The molecule has 0 rings (SSSR count). The van der Waals surface area contributed by atoms with Crippen LogP contribution < -0.4 is 5.73 Å². The molecule has 4 N–H and O–H groups in total. The van der Waals surface area contributed by atoms with Crippen molar-refractivity contribution >= 4 is 0 Å². The van der Waals surface area contributed by atoms with Crippen LogP contribution in [0, 0.1) is 11.8 Å². The maximum absolute atomic E-state index is 8.86. The molecule has 0 aliphatic carbocycles. The molecular formula is C6H11NO2. The quantitative estimate of drug-likeness (QED) is 0.405. The van der Waals surface area contributed by atoms with E-state index in [0.29, 0.717) is 0 Å². The van der Waals surface area contributed by atoms with E-state index >= 15 is 0 Å². The number of hydrogen-bond acceptors (Lipinski definition) is 3. The van der Waals surface area contributed by atoms with Gasteiger partial charge in [0.15, 0.2) is 0 Å². The summed E-state index contributed by atoms with van der Waals surface area (Å²) in [5.41, 5.74) is 5.20. The average molecular weight is 129 g/mol. The summed E-state index contributed by atoms with van der Waals surface area (Å²) in [6.07, 6.45) is -0.903. The molecule has 0 radical (unpaired) electrons. The Bertz CT molecular complexity index is 125. The van der Waals surface area contributed by atoms with Crippen molar-refractivity contribution in [2.75, 3.05) is 6.61 Å². The van der Waals surface area contributed by atoms with Gasteiger partial charge in [0.1, 0.15) is 6.10 Å². The Kier molecular flexibility index (Phi) is 4.06. The first kappa shape index (κ1) is 8.44. The van der Waals surface area contributed by atoms with Gasteiger partial charge in [-0.15, -0.1) is 5.92 Å². The van der Waals surface area contributed by atoms with Gasteiger partial charge in [-0.25, -0.2) is 0 Å². The van der Waals surface area contributed by atoms with Crippen LogP contribution in [-0.4, -0.2) is 29.0 Å². The molecule has 0 amide bonds. The van der Waals surface area contributed by atoms with Crippen LogP contribution in [0.4, 0.5) is 0 Å². The third kappa shape index (κ3) is 3.09. The molecule has 0 bridgehead atoms. The van der Waals surface area contributed by atoms with Gasteiger partial charge in [-0.05, 0) is 6.92 Å². The summed E-state index contributed by atoms with van der Waals surface area (Å²) in [6.45, 7) is 1.36. The van der Waals surface area contributed by atoms with E-state index in [4.69, 9.17) is 15.9 Å². The second kappa shape index (κ2) is 4.33. The summed E-state index contributed by atoms with van der Waals surface area (Å²) >= 11 is 0. The summed E-state index contributed by atoms with van der Waals surface area (Å²) in [6, 6.07) is -0.641. The fourth-order valence-electron chi connectivity index (χ4n) is 0.355. The molecule has 1 unspecified atom stereocenters. The van der Waals surface area contributed by atoms with Crippen LogP contribution in [0.15, 0.2) is 0 Å². The van der Waals surface area contributed by atoms with Crippen molar-refractivity contribution in [3.05, 3.63) is 0 Å². The third-order valence-electron chi connectivity index (χ3n) is 0.909. The molecule has 0 aromatic carbocycles. The number of aliphatic hydroxyl groups is 2. The highest BCUT2D eigenvalue weighted by Crippen LogP contribution is 1.85. The predicted octanol–water partition coefficient (Wildman–Crippen LogP) is -1.31. The van der Waals surface area contributed by atoms with E-state index < -0.39 is 12.1 Å². The Morgan fingerprint density at radius 3 is 2.56 bits per heavy atom. The first-order valence-corrected chi connectivity index (χ1v) is 2.69. The van der Waals surface area contributed by atoms with Gasteiger partial charge in [-0.2, -0.15) is 0 Å². The van der Waals surface area contributed by atoms with Crippen LogP contribution in [0.25, 0.3) is 0 Å². The zero-order valence-corrected chi connectivity index (χ0v) is 5.33. The molecule has 0 aromatic heterocycles. The summed E-state index contributed by atoms with van der Waals surface area (Å²) < 4.78 is 0. The summed E-state index contributed by atoms with van der Waals surface area (Å²) in [7, 11) is 0. The Labute approximate surface area is 54.5 Å². The minimum absolute atomic E-state index is 0.240. The molecule has 0 aromatic rings. The molecule has 52 valence electrons. The molecule has 3 heteroatoms. The van der Waals surface area contributed by atoms with Crippen molar-refractivity contribution < 1.29 is 10.2 Å². The van der Waals surface area contributed by atoms with Gasteiger partial charge >= 0.3 is 0 Å². The maximum atomic E-state index is 8.86. The lowest BCUT2D eigenvalue weighted by atomic mass is 10.2. The number of rotatable bonds is 2. The Morgan fingerprint density at radius 2 is 2.22 bits per heavy atom. The molecule has 0 heterocycles. The molecule has 0 saturated carbocycles. The molecule has 9 heavy (non-hydrogen) atoms.